The van der Waals surface area contributed by atoms with Gasteiger partial charge in [0.1, 0.15) is 11.5 Å². The van der Waals surface area contributed by atoms with Crippen molar-refractivity contribution >= 4 is 23.4 Å². The molecule has 1 N–H and O–H groups in total. The Hall–Kier alpha value is -3.13. The number of piperazine rings is 1. The molecule has 3 aromatic rings. The molecule has 29 heavy (non-hydrogen) atoms. The van der Waals surface area contributed by atoms with Crippen LogP contribution < -0.4 is 0 Å². The van der Waals surface area contributed by atoms with Crippen molar-refractivity contribution in [1.82, 2.24) is 19.9 Å². The Labute approximate surface area is 171 Å². The average molecular weight is 417 g/mol. The van der Waals surface area contributed by atoms with Crippen LogP contribution in [0.4, 0.5) is 4.39 Å². The summed E-state index contributed by atoms with van der Waals surface area (Å²) in [4.78, 5) is 30.6. The second-order valence-corrected chi connectivity index (χ2v) is 7.18. The molecule has 3 heterocycles. The lowest BCUT2D eigenvalue weighted by Gasteiger charge is -2.33. The maximum absolute atomic E-state index is 14.4. The predicted molar refractivity (Wildman–Crippen MR) is 105 cm³/mol. The van der Waals surface area contributed by atoms with Gasteiger partial charge in [-0.15, -0.1) is 0 Å². The highest BCUT2D eigenvalue weighted by molar-refractivity contribution is 6.31. The first kappa shape index (κ1) is 19.2. The number of nitrogens with one attached hydrogen (secondary N) is 1. The van der Waals surface area contributed by atoms with Gasteiger partial charge < -0.3 is 19.3 Å². The van der Waals surface area contributed by atoms with Crippen LogP contribution in [0.25, 0.3) is 22.5 Å². The van der Waals surface area contributed by atoms with Crippen LogP contribution in [-0.2, 0) is 4.79 Å². The highest BCUT2D eigenvalue weighted by Crippen LogP contribution is 2.35. The number of carbonyl (C=O) groups is 2. The minimum atomic E-state index is -0.561. The van der Waals surface area contributed by atoms with E-state index in [1.165, 1.54) is 19.2 Å². The van der Waals surface area contributed by atoms with Crippen molar-refractivity contribution in [2.24, 2.45) is 0 Å². The summed E-state index contributed by atoms with van der Waals surface area (Å²) in [5.41, 5.74) is 1.66. The number of H-pyrrole nitrogens is 1. The van der Waals surface area contributed by atoms with E-state index in [-0.39, 0.29) is 22.4 Å². The van der Waals surface area contributed by atoms with Crippen LogP contribution in [-0.4, -0.2) is 57.9 Å². The zero-order chi connectivity index (χ0) is 20.5. The first-order chi connectivity index (χ1) is 14.0. The van der Waals surface area contributed by atoms with Gasteiger partial charge in [0.05, 0.1) is 16.8 Å². The van der Waals surface area contributed by atoms with Crippen LogP contribution in [0.5, 0.6) is 0 Å². The van der Waals surface area contributed by atoms with Gasteiger partial charge in [-0.25, -0.2) is 4.39 Å². The molecule has 2 aromatic heterocycles. The maximum atomic E-state index is 14.4. The zero-order valence-electron chi connectivity index (χ0n) is 15.6. The van der Waals surface area contributed by atoms with Gasteiger partial charge in [-0.05, 0) is 12.1 Å². The lowest BCUT2D eigenvalue weighted by atomic mass is 10.0. The van der Waals surface area contributed by atoms with Gasteiger partial charge in [-0.2, -0.15) is 0 Å². The van der Waals surface area contributed by atoms with Crippen LogP contribution in [0, 0.1) is 5.82 Å². The third kappa shape index (κ3) is 3.63. The molecule has 2 amide bonds. The van der Waals surface area contributed by atoms with E-state index in [1.807, 2.05) is 0 Å². The summed E-state index contributed by atoms with van der Waals surface area (Å²) >= 11 is 5.88. The smallest absolute Gasteiger partial charge is 0.270 e. The third-order valence-corrected chi connectivity index (χ3v) is 5.29. The fraction of sp³-hybridized carbons (Fsp3) is 0.250. The fourth-order valence-electron chi connectivity index (χ4n) is 3.40. The first-order valence-electron chi connectivity index (χ1n) is 9.08. The molecule has 1 fully saturated rings. The molecule has 1 aliphatic heterocycles. The number of aromatic amines is 1. The summed E-state index contributed by atoms with van der Waals surface area (Å²) in [5.74, 6) is -0.392. The van der Waals surface area contributed by atoms with Crippen molar-refractivity contribution < 1.29 is 18.5 Å². The van der Waals surface area contributed by atoms with Crippen molar-refractivity contribution in [3.63, 3.8) is 0 Å². The Balaban J connectivity index is 1.57. The Morgan fingerprint density at radius 2 is 1.90 bits per heavy atom. The predicted octanol–water partition coefficient (Wildman–Crippen LogP) is 3.43. The second kappa shape index (κ2) is 7.71. The van der Waals surface area contributed by atoms with E-state index in [1.54, 1.807) is 34.2 Å². The maximum Gasteiger partial charge on any atom is 0.270 e. The van der Waals surface area contributed by atoms with Gasteiger partial charge >= 0.3 is 0 Å². The molecule has 1 aromatic carbocycles. The van der Waals surface area contributed by atoms with Crippen LogP contribution in [0.1, 0.15) is 17.4 Å². The molecule has 0 unspecified atom stereocenters. The fourth-order valence-corrected chi connectivity index (χ4v) is 3.57. The van der Waals surface area contributed by atoms with Crippen LogP contribution in [0.2, 0.25) is 5.02 Å². The van der Waals surface area contributed by atoms with E-state index >= 15 is 0 Å². The Kier molecular flexibility index (Phi) is 5.10. The van der Waals surface area contributed by atoms with Crippen molar-refractivity contribution in [2.45, 2.75) is 6.92 Å². The third-order valence-electron chi connectivity index (χ3n) is 5.00. The van der Waals surface area contributed by atoms with Crippen molar-refractivity contribution in [2.75, 3.05) is 26.2 Å². The molecule has 1 saturated heterocycles. The number of benzene rings is 1. The van der Waals surface area contributed by atoms with Crippen LogP contribution >= 0.6 is 11.6 Å². The number of hydrogen-bond acceptors (Lipinski definition) is 4. The number of carbonyl (C=O) groups excluding carboxylic acids is 2. The Morgan fingerprint density at radius 3 is 2.62 bits per heavy atom. The molecule has 0 bridgehead atoms. The minimum Gasteiger partial charge on any atom is -0.356 e. The van der Waals surface area contributed by atoms with E-state index in [9.17, 15) is 14.0 Å². The Bertz CT molecular complexity index is 1070. The van der Waals surface area contributed by atoms with Crippen molar-refractivity contribution in [3.8, 4) is 22.5 Å². The van der Waals surface area contributed by atoms with Crippen LogP contribution in [0.15, 0.2) is 41.2 Å². The molecular formula is C20H18ClFN4O3. The summed E-state index contributed by atoms with van der Waals surface area (Å²) in [5, 5.41) is 3.79. The van der Waals surface area contributed by atoms with Gasteiger partial charge in [0.25, 0.3) is 5.91 Å². The molecule has 0 spiro atoms. The lowest BCUT2D eigenvalue weighted by Crippen LogP contribution is -2.50. The normalized spacial score (nSPS) is 14.3. The van der Waals surface area contributed by atoms with Gasteiger partial charge in [0, 0.05) is 50.4 Å². The van der Waals surface area contributed by atoms with E-state index < -0.39 is 5.82 Å². The standard InChI is InChI=1S/C20H18ClFN4O3/c1-12(27)25-5-7-26(8-6-25)20(28)17-9-13(10-23-17)19-15(11-24-29-19)14-3-2-4-16(21)18(14)22/h2-4,9-11,23H,5-8H2,1H3. The Morgan fingerprint density at radius 1 is 1.17 bits per heavy atom. The van der Waals surface area contributed by atoms with E-state index in [2.05, 4.69) is 10.1 Å². The number of amides is 2. The molecule has 0 atom stereocenters. The number of aromatic nitrogens is 2. The summed E-state index contributed by atoms with van der Waals surface area (Å²) in [7, 11) is 0. The van der Waals surface area contributed by atoms with Gasteiger partial charge in [0.2, 0.25) is 5.91 Å². The summed E-state index contributed by atoms with van der Waals surface area (Å²) in [6.07, 6.45) is 3.03. The molecule has 9 heteroatoms. The highest BCUT2D eigenvalue weighted by atomic mass is 35.5. The topological polar surface area (TPSA) is 82.4 Å². The number of hydrogen-bond donors (Lipinski definition) is 1. The molecule has 0 radical (unpaired) electrons. The van der Waals surface area contributed by atoms with E-state index in [0.29, 0.717) is 48.8 Å². The summed E-state index contributed by atoms with van der Waals surface area (Å²) in [6.45, 7) is 3.47. The summed E-state index contributed by atoms with van der Waals surface area (Å²) in [6, 6.07) is 6.34. The SMILES string of the molecule is CC(=O)N1CCN(C(=O)c2cc(-c3oncc3-c3cccc(Cl)c3F)c[nH]2)CC1. The van der Waals surface area contributed by atoms with Crippen LogP contribution in [0.3, 0.4) is 0 Å². The average Bonchev–Trinajstić information content (AvgIpc) is 3.39. The number of nitrogens with zero attached hydrogens (tertiary/aromatic N) is 3. The largest absolute Gasteiger partial charge is 0.356 e. The van der Waals surface area contributed by atoms with Gasteiger partial charge in [0.15, 0.2) is 5.76 Å². The zero-order valence-corrected chi connectivity index (χ0v) is 16.4. The number of halogens is 2. The molecule has 1 aliphatic rings. The van der Waals surface area contributed by atoms with Gasteiger partial charge in [-0.1, -0.05) is 28.9 Å². The molecule has 4 rings (SSSR count). The quantitative estimate of drug-likeness (QED) is 0.709. The lowest BCUT2D eigenvalue weighted by molar-refractivity contribution is -0.130. The summed E-state index contributed by atoms with van der Waals surface area (Å²) < 4.78 is 19.8. The highest BCUT2D eigenvalue weighted by Gasteiger charge is 2.25. The van der Waals surface area contributed by atoms with Gasteiger partial charge in [-0.3, -0.25) is 9.59 Å². The van der Waals surface area contributed by atoms with Crippen molar-refractivity contribution in [1.29, 1.82) is 0 Å². The molecule has 0 saturated carbocycles. The molecule has 7 nitrogen and oxygen atoms in total. The first-order valence-corrected chi connectivity index (χ1v) is 9.46. The van der Waals surface area contributed by atoms with E-state index in [0.717, 1.165) is 0 Å². The minimum absolute atomic E-state index is 0.00397. The molecule has 0 aliphatic carbocycles. The molecule has 150 valence electrons. The van der Waals surface area contributed by atoms with Crippen molar-refractivity contribution in [3.05, 3.63) is 53.2 Å². The van der Waals surface area contributed by atoms with E-state index in [4.69, 9.17) is 16.1 Å². The number of rotatable bonds is 3. The monoisotopic (exact) mass is 416 g/mol. The molecular weight excluding hydrogens is 399 g/mol. The second-order valence-electron chi connectivity index (χ2n) is 6.77.